The summed E-state index contributed by atoms with van der Waals surface area (Å²) in [5.74, 6) is 0.625. The third-order valence-electron chi connectivity index (χ3n) is 3.88. The van der Waals surface area contributed by atoms with Crippen LogP contribution >= 0.6 is 11.8 Å². The highest BCUT2D eigenvalue weighted by atomic mass is 32.2. The Morgan fingerprint density at radius 2 is 2.10 bits per heavy atom. The maximum absolute atomic E-state index is 13.5. The number of benzene rings is 1. The summed E-state index contributed by atoms with van der Waals surface area (Å²) in [6.45, 7) is 6.15. The lowest BCUT2D eigenvalue weighted by Crippen LogP contribution is -2.23. The van der Waals surface area contributed by atoms with Crippen molar-refractivity contribution in [2.45, 2.75) is 38.4 Å². The number of halogens is 1. The molecule has 1 N–H and O–H groups in total. The summed E-state index contributed by atoms with van der Waals surface area (Å²) in [6.07, 6.45) is 3.13. The molecule has 1 heterocycles. The van der Waals surface area contributed by atoms with Gasteiger partial charge in [-0.05, 0) is 24.0 Å². The van der Waals surface area contributed by atoms with Crippen LogP contribution in [0.5, 0.6) is 0 Å². The van der Waals surface area contributed by atoms with Crippen LogP contribution in [0.15, 0.2) is 29.3 Å². The number of aliphatic imine (C=N–C) groups is 1. The van der Waals surface area contributed by atoms with E-state index in [1.54, 1.807) is 6.07 Å². The molecular formula is C16H23FN2S. The quantitative estimate of drug-likeness (QED) is 0.861. The molecule has 1 aliphatic rings. The fraction of sp³-hybridized carbons (Fsp3) is 0.562. The lowest BCUT2D eigenvalue weighted by Gasteiger charge is -2.18. The molecule has 0 aliphatic carbocycles. The maximum Gasteiger partial charge on any atom is 0.156 e. The molecule has 1 aromatic rings. The molecule has 1 aromatic carbocycles. The van der Waals surface area contributed by atoms with Gasteiger partial charge in [-0.3, -0.25) is 4.99 Å². The maximum atomic E-state index is 13.5. The molecular weight excluding hydrogens is 271 g/mol. The molecule has 0 bridgehead atoms. The van der Waals surface area contributed by atoms with E-state index in [4.69, 9.17) is 0 Å². The van der Waals surface area contributed by atoms with E-state index in [2.05, 4.69) is 24.2 Å². The standard InChI is InChI=1S/C16H23FN2S/c1-3-12(4-2)15-11-19-16(20-15)18-10-9-13-7-5-6-8-14(13)17/h5-8,12,15H,3-4,9-11H2,1-2H3,(H,18,19). The molecule has 2 nitrogen and oxygen atoms in total. The van der Waals surface area contributed by atoms with Gasteiger partial charge in [-0.2, -0.15) is 0 Å². The normalized spacial score (nSPS) is 18.4. The minimum atomic E-state index is -0.120. The number of hydrogen-bond donors (Lipinski definition) is 1. The van der Waals surface area contributed by atoms with Gasteiger partial charge in [-0.15, -0.1) is 0 Å². The van der Waals surface area contributed by atoms with Crippen LogP contribution in [0, 0.1) is 11.7 Å². The fourth-order valence-electron chi connectivity index (χ4n) is 2.55. The lowest BCUT2D eigenvalue weighted by molar-refractivity contribution is 0.479. The molecule has 110 valence electrons. The number of thioether (sulfide) groups is 1. The summed E-state index contributed by atoms with van der Waals surface area (Å²) in [5.41, 5.74) is 0.764. The average molecular weight is 294 g/mol. The molecule has 20 heavy (non-hydrogen) atoms. The predicted molar refractivity (Wildman–Crippen MR) is 85.9 cm³/mol. The number of nitrogens with one attached hydrogen (secondary N) is 1. The third kappa shape index (κ3) is 3.98. The zero-order chi connectivity index (χ0) is 14.4. The Morgan fingerprint density at radius 1 is 1.35 bits per heavy atom. The van der Waals surface area contributed by atoms with Crippen LogP contribution in [-0.4, -0.2) is 23.5 Å². The molecule has 1 unspecified atom stereocenters. The molecule has 0 aromatic heterocycles. The Balaban J connectivity index is 1.75. The van der Waals surface area contributed by atoms with Crippen molar-refractivity contribution in [2.24, 2.45) is 10.9 Å². The highest BCUT2D eigenvalue weighted by Crippen LogP contribution is 2.30. The van der Waals surface area contributed by atoms with Crippen LogP contribution in [0.25, 0.3) is 0 Å². The number of hydrogen-bond acceptors (Lipinski definition) is 3. The van der Waals surface area contributed by atoms with Crippen LogP contribution in [0.1, 0.15) is 32.3 Å². The molecule has 2 rings (SSSR count). The summed E-state index contributed by atoms with van der Waals surface area (Å²) in [7, 11) is 0. The van der Waals surface area contributed by atoms with Crippen molar-refractivity contribution < 1.29 is 4.39 Å². The molecule has 0 saturated carbocycles. The minimum Gasteiger partial charge on any atom is -0.365 e. The predicted octanol–water partition coefficient (Wildman–Crippen LogP) is 3.87. The summed E-state index contributed by atoms with van der Waals surface area (Å²) in [6, 6.07) is 6.96. The topological polar surface area (TPSA) is 24.4 Å². The Labute approximate surface area is 125 Å². The zero-order valence-electron chi connectivity index (χ0n) is 12.2. The summed E-state index contributed by atoms with van der Waals surface area (Å²) in [4.78, 5) is 4.56. The average Bonchev–Trinajstić information content (AvgIpc) is 2.91. The Bertz CT molecular complexity index is 458. The van der Waals surface area contributed by atoms with Crippen LogP contribution in [0.3, 0.4) is 0 Å². The second-order valence-electron chi connectivity index (χ2n) is 5.15. The number of nitrogens with zero attached hydrogens (tertiary/aromatic N) is 1. The first-order valence-corrected chi connectivity index (χ1v) is 8.31. The fourth-order valence-corrected chi connectivity index (χ4v) is 3.90. The first-order valence-electron chi connectivity index (χ1n) is 7.43. The van der Waals surface area contributed by atoms with Gasteiger partial charge >= 0.3 is 0 Å². The van der Waals surface area contributed by atoms with E-state index in [1.807, 2.05) is 23.9 Å². The lowest BCUT2D eigenvalue weighted by atomic mass is 9.99. The second kappa shape index (κ2) is 7.67. The third-order valence-corrected chi connectivity index (χ3v) is 5.21. The van der Waals surface area contributed by atoms with E-state index >= 15 is 0 Å². The monoisotopic (exact) mass is 294 g/mol. The molecule has 1 aliphatic heterocycles. The van der Waals surface area contributed by atoms with E-state index < -0.39 is 0 Å². The van der Waals surface area contributed by atoms with E-state index in [9.17, 15) is 4.39 Å². The Hall–Kier alpha value is -1.03. The minimum absolute atomic E-state index is 0.120. The number of amidine groups is 1. The van der Waals surface area contributed by atoms with Crippen molar-refractivity contribution >= 4 is 16.9 Å². The largest absolute Gasteiger partial charge is 0.365 e. The highest BCUT2D eigenvalue weighted by Gasteiger charge is 2.25. The molecule has 0 radical (unpaired) electrons. The van der Waals surface area contributed by atoms with Gasteiger partial charge in [0.2, 0.25) is 0 Å². The highest BCUT2D eigenvalue weighted by molar-refractivity contribution is 8.14. The van der Waals surface area contributed by atoms with Gasteiger partial charge in [-0.1, -0.05) is 56.7 Å². The zero-order valence-corrected chi connectivity index (χ0v) is 13.0. The van der Waals surface area contributed by atoms with Crippen LogP contribution in [-0.2, 0) is 6.42 Å². The molecule has 0 saturated heterocycles. The first kappa shape index (κ1) is 15.4. The molecule has 0 fully saturated rings. The van der Waals surface area contributed by atoms with Gasteiger partial charge in [0.05, 0.1) is 6.54 Å². The van der Waals surface area contributed by atoms with Crippen LogP contribution < -0.4 is 5.32 Å². The van der Waals surface area contributed by atoms with Crippen molar-refractivity contribution in [3.8, 4) is 0 Å². The van der Waals surface area contributed by atoms with Gasteiger partial charge in [0.25, 0.3) is 0 Å². The number of rotatable bonds is 6. The van der Waals surface area contributed by atoms with Gasteiger partial charge in [0.15, 0.2) is 5.17 Å². The second-order valence-corrected chi connectivity index (χ2v) is 6.37. The molecule has 0 amide bonds. The van der Waals surface area contributed by atoms with Crippen LogP contribution in [0.4, 0.5) is 4.39 Å². The SMILES string of the molecule is CCC(CC)C1CN=C(NCCc2ccccc2F)S1. The van der Waals surface area contributed by atoms with Crippen molar-refractivity contribution in [1.82, 2.24) is 5.32 Å². The molecule has 0 spiro atoms. The smallest absolute Gasteiger partial charge is 0.156 e. The van der Waals surface area contributed by atoms with Gasteiger partial charge in [0, 0.05) is 11.8 Å². The van der Waals surface area contributed by atoms with Crippen molar-refractivity contribution in [2.75, 3.05) is 13.1 Å². The van der Waals surface area contributed by atoms with Gasteiger partial charge in [0.1, 0.15) is 5.82 Å². The molecule has 4 heteroatoms. The van der Waals surface area contributed by atoms with E-state index in [1.165, 1.54) is 18.9 Å². The first-order chi connectivity index (χ1) is 9.74. The van der Waals surface area contributed by atoms with Gasteiger partial charge in [-0.25, -0.2) is 4.39 Å². The van der Waals surface area contributed by atoms with E-state index in [-0.39, 0.29) is 5.82 Å². The van der Waals surface area contributed by atoms with E-state index in [0.717, 1.165) is 29.7 Å². The summed E-state index contributed by atoms with van der Waals surface area (Å²) in [5, 5.41) is 4.97. The van der Waals surface area contributed by atoms with Crippen molar-refractivity contribution in [3.05, 3.63) is 35.6 Å². The summed E-state index contributed by atoms with van der Waals surface area (Å²) >= 11 is 1.85. The Kier molecular flexibility index (Phi) is 5.89. The van der Waals surface area contributed by atoms with Gasteiger partial charge < -0.3 is 5.32 Å². The van der Waals surface area contributed by atoms with Crippen molar-refractivity contribution in [3.63, 3.8) is 0 Å². The summed E-state index contributed by atoms with van der Waals surface area (Å²) < 4.78 is 13.5. The van der Waals surface area contributed by atoms with Crippen LogP contribution in [0.2, 0.25) is 0 Å². The Morgan fingerprint density at radius 3 is 2.80 bits per heavy atom. The van der Waals surface area contributed by atoms with E-state index in [0.29, 0.717) is 11.7 Å². The molecule has 1 atom stereocenters. The van der Waals surface area contributed by atoms with Crippen molar-refractivity contribution in [1.29, 1.82) is 0 Å².